The molecule has 1 aliphatic heterocycles. The summed E-state index contributed by atoms with van der Waals surface area (Å²) in [6.07, 6.45) is 1.30. The van der Waals surface area contributed by atoms with Crippen LogP contribution in [0.2, 0.25) is 5.04 Å². The maximum Gasteiger partial charge on any atom is 0.410 e. The van der Waals surface area contributed by atoms with Crippen LogP contribution >= 0.6 is 0 Å². The number of nitrogens with zero attached hydrogens (tertiary/aromatic N) is 3. The van der Waals surface area contributed by atoms with Crippen LogP contribution in [0.15, 0.2) is 73.3 Å². The SMILES string of the molecule is C=C[C@H](O[Si](c1ccccc1)(c1ccccc1)C(C)(C)C)[C@@H](CO)CN(C)C(=O)c1n[nH]c2c1CN(C(=O)OC(C)(C)C)[C@H](C)C2. The minimum Gasteiger partial charge on any atom is -0.444 e. The highest BCUT2D eigenvalue weighted by molar-refractivity contribution is 6.99. The summed E-state index contributed by atoms with van der Waals surface area (Å²) in [5.41, 5.74) is 1.15. The number of aromatic amines is 1. The van der Waals surface area contributed by atoms with Gasteiger partial charge in [0.05, 0.1) is 19.3 Å². The van der Waals surface area contributed by atoms with Crippen molar-refractivity contribution in [2.24, 2.45) is 5.92 Å². The Hall–Kier alpha value is -3.73. The van der Waals surface area contributed by atoms with Crippen LogP contribution in [-0.4, -0.2) is 83.4 Å². The van der Waals surface area contributed by atoms with Gasteiger partial charge in [0.2, 0.25) is 0 Å². The Labute approximate surface area is 274 Å². The van der Waals surface area contributed by atoms with Crippen molar-refractivity contribution in [2.75, 3.05) is 20.2 Å². The number of benzene rings is 2. The van der Waals surface area contributed by atoms with E-state index in [-0.39, 0.29) is 42.4 Å². The second-order valence-electron chi connectivity index (χ2n) is 14.3. The molecule has 2 N–H and O–H groups in total. The lowest BCUT2D eigenvalue weighted by Gasteiger charge is -2.46. The first-order valence-corrected chi connectivity index (χ1v) is 17.9. The van der Waals surface area contributed by atoms with Crippen LogP contribution in [0.3, 0.4) is 0 Å². The first-order valence-electron chi connectivity index (χ1n) is 16.0. The van der Waals surface area contributed by atoms with Gasteiger partial charge >= 0.3 is 6.09 Å². The molecule has 0 saturated carbocycles. The van der Waals surface area contributed by atoms with Crippen LogP contribution in [-0.2, 0) is 22.1 Å². The molecule has 0 aliphatic carbocycles. The number of fused-ring (bicyclic) bond motifs is 1. The number of aliphatic hydroxyl groups excluding tert-OH is 1. The number of ether oxygens (including phenoxy) is 1. The van der Waals surface area contributed by atoms with Crippen molar-refractivity contribution >= 4 is 30.7 Å². The van der Waals surface area contributed by atoms with Gasteiger partial charge in [-0.25, -0.2) is 4.79 Å². The molecule has 46 heavy (non-hydrogen) atoms. The number of amides is 2. The summed E-state index contributed by atoms with van der Waals surface area (Å²) in [5.74, 6) is -0.760. The fourth-order valence-electron chi connectivity index (χ4n) is 6.33. The number of rotatable bonds is 10. The van der Waals surface area contributed by atoms with Crippen molar-refractivity contribution in [1.82, 2.24) is 20.0 Å². The zero-order valence-corrected chi connectivity index (χ0v) is 29.5. The molecule has 0 saturated heterocycles. The van der Waals surface area contributed by atoms with Gasteiger partial charge in [0.1, 0.15) is 5.60 Å². The Bertz CT molecular complexity index is 1460. The van der Waals surface area contributed by atoms with Gasteiger partial charge in [-0.15, -0.1) is 6.58 Å². The van der Waals surface area contributed by atoms with Gasteiger partial charge in [-0.2, -0.15) is 5.10 Å². The van der Waals surface area contributed by atoms with E-state index in [1.165, 1.54) is 0 Å². The molecule has 0 radical (unpaired) electrons. The lowest BCUT2D eigenvalue weighted by atomic mass is 9.99. The van der Waals surface area contributed by atoms with Crippen LogP contribution in [0, 0.1) is 5.92 Å². The van der Waals surface area contributed by atoms with Crippen molar-refractivity contribution in [1.29, 1.82) is 0 Å². The third kappa shape index (κ3) is 7.29. The second kappa shape index (κ2) is 13.9. The van der Waals surface area contributed by atoms with E-state index >= 15 is 0 Å². The topological polar surface area (TPSA) is 108 Å². The largest absolute Gasteiger partial charge is 0.444 e. The molecule has 0 fully saturated rings. The van der Waals surface area contributed by atoms with E-state index < -0.39 is 32.0 Å². The summed E-state index contributed by atoms with van der Waals surface area (Å²) in [5, 5.41) is 20.1. The average Bonchev–Trinajstić information content (AvgIpc) is 3.41. The molecule has 2 aromatic carbocycles. The first-order chi connectivity index (χ1) is 21.6. The maximum atomic E-state index is 13.9. The fourth-order valence-corrected chi connectivity index (χ4v) is 11.0. The van der Waals surface area contributed by atoms with Gasteiger partial charge < -0.3 is 24.1 Å². The Balaban J connectivity index is 1.61. The maximum absolute atomic E-state index is 13.9. The van der Waals surface area contributed by atoms with E-state index in [9.17, 15) is 14.7 Å². The number of hydrogen-bond donors (Lipinski definition) is 2. The summed E-state index contributed by atoms with van der Waals surface area (Å²) in [6, 6.07) is 20.5. The molecule has 10 heteroatoms. The molecule has 0 unspecified atom stereocenters. The molecule has 0 spiro atoms. The van der Waals surface area contributed by atoms with E-state index in [4.69, 9.17) is 9.16 Å². The molecule has 2 heterocycles. The van der Waals surface area contributed by atoms with Crippen molar-refractivity contribution in [3.8, 4) is 0 Å². The van der Waals surface area contributed by atoms with Crippen molar-refractivity contribution < 1.29 is 23.9 Å². The summed E-state index contributed by atoms with van der Waals surface area (Å²) in [6.45, 7) is 18.4. The number of carbonyl (C=O) groups is 2. The summed E-state index contributed by atoms with van der Waals surface area (Å²) < 4.78 is 12.9. The smallest absolute Gasteiger partial charge is 0.410 e. The molecule has 4 rings (SSSR count). The Morgan fingerprint density at radius 1 is 1.09 bits per heavy atom. The summed E-state index contributed by atoms with van der Waals surface area (Å²) in [7, 11) is -1.26. The molecule has 0 bridgehead atoms. The highest BCUT2D eigenvalue weighted by Gasteiger charge is 2.52. The van der Waals surface area contributed by atoms with Crippen LogP contribution in [0.4, 0.5) is 4.79 Å². The average molecular weight is 647 g/mol. The number of aliphatic hydroxyl groups is 1. The highest BCUT2D eigenvalue weighted by Crippen LogP contribution is 2.38. The van der Waals surface area contributed by atoms with Gasteiger partial charge in [0, 0.05) is 43.2 Å². The van der Waals surface area contributed by atoms with Gasteiger partial charge in [0.15, 0.2) is 5.69 Å². The van der Waals surface area contributed by atoms with Crippen LogP contribution < -0.4 is 10.4 Å². The standard InChI is InChI=1S/C36H50N4O5Si/c1-10-31(45-46(36(6,7)8,27-17-13-11-14-18-27)28-19-15-12-16-20-28)26(24-41)22-39(9)33(42)32-29-23-40(34(43)44-35(3,4)5)25(2)21-30(29)37-38-32/h10-20,25-26,31,41H,1,21-24H2,2-9H3,(H,37,38)/t25-,26-,31+/m1/s1. The third-order valence-corrected chi connectivity index (χ3v) is 13.7. The van der Waals surface area contributed by atoms with Crippen molar-refractivity contribution in [2.45, 2.75) is 84.2 Å². The first kappa shape index (κ1) is 35.1. The molecule has 1 aliphatic rings. The quantitative estimate of drug-likeness (QED) is 0.240. The van der Waals surface area contributed by atoms with E-state index in [1.54, 1.807) is 22.9 Å². The number of aromatic nitrogens is 2. The molecule has 2 amide bonds. The zero-order valence-electron chi connectivity index (χ0n) is 28.5. The monoisotopic (exact) mass is 646 g/mol. The van der Waals surface area contributed by atoms with E-state index in [1.807, 2.05) is 64.1 Å². The van der Waals surface area contributed by atoms with E-state index in [0.717, 1.165) is 16.1 Å². The normalized spacial score (nSPS) is 16.7. The number of carbonyl (C=O) groups excluding carboxylic acids is 2. The Morgan fingerprint density at radius 2 is 1.65 bits per heavy atom. The predicted octanol–water partition coefficient (Wildman–Crippen LogP) is 4.90. The van der Waals surface area contributed by atoms with Crippen LogP contribution in [0.5, 0.6) is 0 Å². The molecule has 1 aromatic heterocycles. The van der Waals surface area contributed by atoms with Gasteiger partial charge in [-0.3, -0.25) is 9.89 Å². The predicted molar refractivity (Wildman–Crippen MR) is 184 cm³/mol. The Morgan fingerprint density at radius 3 is 2.13 bits per heavy atom. The summed E-state index contributed by atoms with van der Waals surface area (Å²) in [4.78, 5) is 30.1. The number of nitrogens with one attached hydrogen (secondary N) is 1. The highest BCUT2D eigenvalue weighted by atomic mass is 28.4. The number of hydrogen-bond acceptors (Lipinski definition) is 6. The van der Waals surface area contributed by atoms with Crippen molar-refractivity contribution in [3.63, 3.8) is 0 Å². The van der Waals surface area contributed by atoms with Crippen LogP contribution in [0.25, 0.3) is 0 Å². The van der Waals surface area contributed by atoms with Gasteiger partial charge in [-0.05, 0) is 43.1 Å². The van der Waals surface area contributed by atoms with Gasteiger partial charge in [0.25, 0.3) is 14.2 Å². The van der Waals surface area contributed by atoms with Crippen LogP contribution in [0.1, 0.15) is 70.2 Å². The van der Waals surface area contributed by atoms with E-state index in [0.29, 0.717) is 12.0 Å². The number of H-pyrrole nitrogens is 1. The minimum absolute atomic E-state index is 0.116. The third-order valence-electron chi connectivity index (χ3n) is 8.66. The van der Waals surface area contributed by atoms with Crippen molar-refractivity contribution in [3.05, 3.63) is 90.3 Å². The molecular formula is C36H50N4O5Si. The lowest BCUT2D eigenvalue weighted by Crippen LogP contribution is -2.68. The fraction of sp³-hybridized carbons (Fsp3) is 0.472. The van der Waals surface area contributed by atoms with E-state index in [2.05, 4.69) is 61.8 Å². The molecule has 3 atom stereocenters. The lowest BCUT2D eigenvalue weighted by molar-refractivity contribution is 0.0135. The summed E-state index contributed by atoms with van der Waals surface area (Å²) >= 11 is 0. The molecule has 3 aromatic rings. The molecular weight excluding hydrogens is 597 g/mol. The zero-order chi connectivity index (χ0) is 33.9. The minimum atomic E-state index is -2.96. The second-order valence-corrected chi connectivity index (χ2v) is 18.6. The van der Waals surface area contributed by atoms with Gasteiger partial charge in [-0.1, -0.05) is 87.5 Å². The molecule has 248 valence electrons. The Kier molecular flexibility index (Phi) is 10.6. The molecule has 9 nitrogen and oxygen atoms in total.